The van der Waals surface area contributed by atoms with Crippen LogP contribution in [0.25, 0.3) is 0 Å². The maximum Gasteiger partial charge on any atom is 0.194 e. The number of benzene rings is 1. The van der Waals surface area contributed by atoms with Crippen molar-refractivity contribution in [3.63, 3.8) is 0 Å². The van der Waals surface area contributed by atoms with Gasteiger partial charge in [0.15, 0.2) is 11.1 Å². The molecule has 0 aliphatic rings. The molecule has 0 aliphatic carbocycles. The van der Waals surface area contributed by atoms with Gasteiger partial charge in [0, 0.05) is 12.7 Å². The van der Waals surface area contributed by atoms with Crippen LogP contribution in [0, 0.1) is 0 Å². The summed E-state index contributed by atoms with van der Waals surface area (Å²) in [5.41, 5.74) is 7.71. The number of rotatable bonds is 2. The van der Waals surface area contributed by atoms with Gasteiger partial charge < -0.3 is 16.4 Å². The van der Waals surface area contributed by atoms with Crippen LogP contribution < -0.4 is 16.4 Å². The molecule has 0 aromatic heterocycles. The quantitative estimate of drug-likeness (QED) is 0.413. The molecule has 0 atom stereocenters. The van der Waals surface area contributed by atoms with E-state index in [2.05, 4.69) is 28.6 Å². The molecule has 1 aromatic rings. The van der Waals surface area contributed by atoms with Crippen molar-refractivity contribution in [3.05, 3.63) is 29.8 Å². The number of nitrogens with zero attached hydrogens (tertiary/aromatic N) is 1. The van der Waals surface area contributed by atoms with Crippen LogP contribution in [0.3, 0.4) is 0 Å². The molecule has 1 aromatic carbocycles. The first-order chi connectivity index (χ1) is 7.67. The Morgan fingerprint density at radius 1 is 1.44 bits per heavy atom. The Hall–Kier alpha value is -1.62. The summed E-state index contributed by atoms with van der Waals surface area (Å²) < 4.78 is 0. The molecule has 86 valence electrons. The van der Waals surface area contributed by atoms with E-state index in [0.29, 0.717) is 11.1 Å². The number of aliphatic imine (C=N–C) groups is 1. The Bertz CT molecular complexity index is 401. The zero-order valence-electron chi connectivity index (χ0n) is 9.45. The SMILES string of the molecule is CCc1ccccc1NC(=S)NC(N)=NC. The molecule has 0 saturated carbocycles. The van der Waals surface area contributed by atoms with Crippen molar-refractivity contribution >= 4 is 29.0 Å². The van der Waals surface area contributed by atoms with E-state index in [1.54, 1.807) is 7.05 Å². The Morgan fingerprint density at radius 3 is 2.75 bits per heavy atom. The van der Waals surface area contributed by atoms with E-state index in [1.165, 1.54) is 5.56 Å². The van der Waals surface area contributed by atoms with E-state index in [0.717, 1.165) is 12.1 Å². The van der Waals surface area contributed by atoms with Gasteiger partial charge in [-0.25, -0.2) is 0 Å². The minimum Gasteiger partial charge on any atom is -0.370 e. The van der Waals surface area contributed by atoms with Crippen LogP contribution in [0.1, 0.15) is 12.5 Å². The maximum absolute atomic E-state index is 5.51. The molecule has 5 heteroatoms. The molecule has 0 fully saturated rings. The van der Waals surface area contributed by atoms with Gasteiger partial charge in [-0.3, -0.25) is 4.99 Å². The second-order valence-corrected chi connectivity index (χ2v) is 3.61. The lowest BCUT2D eigenvalue weighted by Gasteiger charge is -2.12. The van der Waals surface area contributed by atoms with Crippen LogP contribution in [-0.2, 0) is 6.42 Å². The molecule has 0 bridgehead atoms. The Kier molecular flexibility index (Phi) is 4.72. The Morgan fingerprint density at radius 2 is 2.12 bits per heavy atom. The highest BCUT2D eigenvalue weighted by atomic mass is 32.1. The predicted octanol–water partition coefficient (Wildman–Crippen LogP) is 1.48. The molecule has 0 heterocycles. The molecular formula is C11H16N4S. The van der Waals surface area contributed by atoms with Gasteiger partial charge in [-0.05, 0) is 30.3 Å². The van der Waals surface area contributed by atoms with Crippen molar-refractivity contribution in [1.82, 2.24) is 5.32 Å². The average molecular weight is 236 g/mol. The van der Waals surface area contributed by atoms with Gasteiger partial charge in [-0.1, -0.05) is 25.1 Å². The summed E-state index contributed by atoms with van der Waals surface area (Å²) >= 11 is 5.10. The van der Waals surface area contributed by atoms with E-state index in [9.17, 15) is 0 Å². The monoisotopic (exact) mass is 236 g/mol. The molecule has 0 radical (unpaired) electrons. The highest BCUT2D eigenvalue weighted by Gasteiger charge is 2.02. The summed E-state index contributed by atoms with van der Waals surface area (Å²) in [6.07, 6.45) is 0.948. The van der Waals surface area contributed by atoms with Crippen LogP contribution in [0.15, 0.2) is 29.3 Å². The smallest absolute Gasteiger partial charge is 0.194 e. The van der Waals surface area contributed by atoms with Gasteiger partial charge in [0.25, 0.3) is 0 Å². The van der Waals surface area contributed by atoms with Crippen molar-refractivity contribution in [1.29, 1.82) is 0 Å². The fourth-order valence-electron chi connectivity index (χ4n) is 1.28. The van der Waals surface area contributed by atoms with Gasteiger partial charge in [-0.2, -0.15) is 0 Å². The van der Waals surface area contributed by atoms with Gasteiger partial charge in [0.05, 0.1) is 0 Å². The van der Waals surface area contributed by atoms with Crippen molar-refractivity contribution in [2.75, 3.05) is 12.4 Å². The van der Waals surface area contributed by atoms with E-state index >= 15 is 0 Å². The van der Waals surface area contributed by atoms with Crippen molar-refractivity contribution in [3.8, 4) is 0 Å². The molecule has 0 aliphatic heterocycles. The van der Waals surface area contributed by atoms with Gasteiger partial charge >= 0.3 is 0 Å². The van der Waals surface area contributed by atoms with Crippen molar-refractivity contribution < 1.29 is 0 Å². The van der Waals surface area contributed by atoms with Crippen LogP contribution in [-0.4, -0.2) is 18.1 Å². The molecule has 0 spiro atoms. The molecule has 0 amide bonds. The zero-order chi connectivity index (χ0) is 12.0. The van der Waals surface area contributed by atoms with E-state index in [4.69, 9.17) is 18.0 Å². The highest BCUT2D eigenvalue weighted by molar-refractivity contribution is 7.80. The largest absolute Gasteiger partial charge is 0.370 e. The third kappa shape index (κ3) is 3.51. The third-order valence-corrected chi connectivity index (χ3v) is 2.33. The topological polar surface area (TPSA) is 62.4 Å². The number of hydrogen-bond acceptors (Lipinski definition) is 2. The standard InChI is InChI=1S/C11H16N4S/c1-3-8-6-4-5-7-9(8)14-11(16)15-10(12)13-2/h4-7H,3H2,1-2H3,(H4,12,13,14,15,16). The van der Waals surface area contributed by atoms with Crippen LogP contribution >= 0.6 is 12.2 Å². The fourth-order valence-corrected chi connectivity index (χ4v) is 1.49. The van der Waals surface area contributed by atoms with Crippen LogP contribution in [0.4, 0.5) is 5.69 Å². The lowest BCUT2D eigenvalue weighted by atomic mass is 10.1. The van der Waals surface area contributed by atoms with Crippen LogP contribution in [0.2, 0.25) is 0 Å². The summed E-state index contributed by atoms with van der Waals surface area (Å²) in [6, 6.07) is 8.00. The first kappa shape index (κ1) is 12.4. The zero-order valence-corrected chi connectivity index (χ0v) is 10.3. The first-order valence-corrected chi connectivity index (χ1v) is 5.46. The number of thiocarbonyl (C=S) groups is 1. The summed E-state index contributed by atoms with van der Waals surface area (Å²) in [4.78, 5) is 3.77. The van der Waals surface area contributed by atoms with Crippen molar-refractivity contribution in [2.45, 2.75) is 13.3 Å². The predicted molar refractivity (Wildman–Crippen MR) is 72.7 cm³/mol. The molecule has 4 nitrogen and oxygen atoms in total. The Balaban J connectivity index is 2.69. The number of aryl methyl sites for hydroxylation is 1. The Labute approximate surface area is 101 Å². The molecule has 0 unspecified atom stereocenters. The second-order valence-electron chi connectivity index (χ2n) is 3.20. The van der Waals surface area contributed by atoms with E-state index in [1.807, 2.05) is 18.2 Å². The highest BCUT2D eigenvalue weighted by Crippen LogP contribution is 2.14. The van der Waals surface area contributed by atoms with Gasteiger partial charge in [0.1, 0.15) is 0 Å². The molecule has 1 rings (SSSR count). The number of guanidine groups is 1. The summed E-state index contributed by atoms with van der Waals surface area (Å²) in [5.74, 6) is 0.298. The van der Waals surface area contributed by atoms with Crippen molar-refractivity contribution in [2.24, 2.45) is 10.7 Å². The molecule has 0 saturated heterocycles. The number of nitrogens with one attached hydrogen (secondary N) is 2. The molecular weight excluding hydrogens is 220 g/mol. The van der Waals surface area contributed by atoms with E-state index in [-0.39, 0.29) is 0 Å². The lowest BCUT2D eigenvalue weighted by molar-refractivity contribution is 1.14. The van der Waals surface area contributed by atoms with Gasteiger partial charge in [-0.15, -0.1) is 0 Å². The average Bonchev–Trinajstić information content (AvgIpc) is 2.29. The molecule has 4 N–H and O–H groups in total. The van der Waals surface area contributed by atoms with E-state index < -0.39 is 0 Å². The number of hydrogen-bond donors (Lipinski definition) is 3. The maximum atomic E-state index is 5.51. The number of anilines is 1. The minimum atomic E-state index is 0.298. The summed E-state index contributed by atoms with van der Waals surface area (Å²) in [5, 5.41) is 6.31. The number of nitrogens with two attached hydrogens (primary N) is 1. The minimum absolute atomic E-state index is 0.298. The lowest BCUT2D eigenvalue weighted by Crippen LogP contribution is -2.39. The normalized spacial score (nSPS) is 11.0. The summed E-state index contributed by atoms with van der Waals surface area (Å²) in [7, 11) is 1.60. The third-order valence-electron chi connectivity index (χ3n) is 2.13. The molecule has 16 heavy (non-hydrogen) atoms. The first-order valence-electron chi connectivity index (χ1n) is 5.05. The fraction of sp³-hybridized carbons (Fsp3) is 0.273. The second kappa shape index (κ2) is 6.07. The summed E-state index contributed by atoms with van der Waals surface area (Å²) in [6.45, 7) is 2.10. The van der Waals surface area contributed by atoms with Gasteiger partial charge in [0.2, 0.25) is 0 Å². The number of para-hydroxylation sites is 1. The van der Waals surface area contributed by atoms with Crippen LogP contribution in [0.5, 0.6) is 0 Å².